The Morgan fingerprint density at radius 2 is 1.89 bits per heavy atom. The van der Waals surface area contributed by atoms with Crippen LogP contribution in [0.5, 0.6) is 0 Å². The minimum Gasteiger partial charge on any atom is -0.353 e. The fraction of sp³-hybridized carbons (Fsp3) is 0.562. The summed E-state index contributed by atoms with van der Waals surface area (Å²) in [4.78, 5) is 12.0. The first-order chi connectivity index (χ1) is 8.75. The van der Waals surface area contributed by atoms with Crippen molar-refractivity contribution in [2.45, 2.75) is 57.4 Å². The van der Waals surface area contributed by atoms with Crippen molar-refractivity contribution < 1.29 is 4.79 Å². The van der Waals surface area contributed by atoms with Gasteiger partial charge in [0.2, 0.25) is 5.91 Å². The molecule has 1 saturated carbocycles. The Bertz CT molecular complexity index is 368. The van der Waals surface area contributed by atoms with Crippen LogP contribution in [-0.4, -0.2) is 11.9 Å². The third kappa shape index (κ3) is 3.86. The number of hydrogen-bond acceptors (Lipinski definition) is 1. The highest BCUT2D eigenvalue weighted by atomic mass is 16.1. The molecule has 0 heterocycles. The average Bonchev–Trinajstić information content (AvgIpc) is 2.40. The number of carbonyl (C=O) groups is 1. The van der Waals surface area contributed by atoms with Crippen molar-refractivity contribution in [3.05, 3.63) is 35.9 Å². The molecule has 0 unspecified atom stereocenters. The molecule has 1 atom stereocenters. The van der Waals surface area contributed by atoms with Crippen LogP contribution in [0.4, 0.5) is 0 Å². The molecule has 0 aliphatic heterocycles. The molecule has 1 aliphatic rings. The molecule has 1 amide bonds. The summed E-state index contributed by atoms with van der Waals surface area (Å²) in [5, 5.41) is 3.18. The normalized spacial score (nSPS) is 18.3. The lowest BCUT2D eigenvalue weighted by atomic mass is 9.94. The highest BCUT2D eigenvalue weighted by molar-refractivity contribution is 5.77. The predicted octanol–water partition coefficient (Wildman–Crippen LogP) is 3.63. The standard InChI is InChI=1S/C16H23NO/c1-13(14-8-4-2-5-9-14)12-16(18)17-15-10-6-3-7-11-15/h2,4-5,8-9,13,15H,3,6-7,10-12H2,1H3,(H,17,18)/t13-/m0/s1. The van der Waals surface area contributed by atoms with Gasteiger partial charge in [-0.1, -0.05) is 56.5 Å². The second kappa shape index (κ2) is 6.58. The lowest BCUT2D eigenvalue weighted by molar-refractivity contribution is -0.122. The van der Waals surface area contributed by atoms with E-state index in [1.165, 1.54) is 24.8 Å². The van der Waals surface area contributed by atoms with Gasteiger partial charge >= 0.3 is 0 Å². The third-order valence-corrected chi connectivity index (χ3v) is 3.83. The number of amides is 1. The molecular formula is C16H23NO. The highest BCUT2D eigenvalue weighted by Gasteiger charge is 2.17. The van der Waals surface area contributed by atoms with Crippen molar-refractivity contribution in [1.29, 1.82) is 0 Å². The van der Waals surface area contributed by atoms with Crippen LogP contribution in [0.2, 0.25) is 0 Å². The Morgan fingerprint density at radius 3 is 2.56 bits per heavy atom. The maximum Gasteiger partial charge on any atom is 0.220 e. The molecule has 2 nitrogen and oxygen atoms in total. The van der Waals surface area contributed by atoms with Crippen LogP contribution in [0.1, 0.15) is 56.9 Å². The molecule has 1 aromatic rings. The number of hydrogen-bond donors (Lipinski definition) is 1. The predicted molar refractivity (Wildman–Crippen MR) is 74.5 cm³/mol. The van der Waals surface area contributed by atoms with Gasteiger partial charge in [0.1, 0.15) is 0 Å². The van der Waals surface area contributed by atoms with Crippen LogP contribution in [0.15, 0.2) is 30.3 Å². The summed E-state index contributed by atoms with van der Waals surface area (Å²) in [5.41, 5.74) is 1.25. The molecule has 2 rings (SSSR count). The van der Waals surface area contributed by atoms with Gasteiger partial charge in [0, 0.05) is 12.5 Å². The van der Waals surface area contributed by atoms with Gasteiger partial charge in [-0.2, -0.15) is 0 Å². The summed E-state index contributed by atoms with van der Waals surface area (Å²) in [6.07, 6.45) is 6.77. The first kappa shape index (κ1) is 13.1. The van der Waals surface area contributed by atoms with Gasteiger partial charge in [0.05, 0.1) is 0 Å². The van der Waals surface area contributed by atoms with Crippen LogP contribution in [0.25, 0.3) is 0 Å². The smallest absolute Gasteiger partial charge is 0.220 e. The van der Waals surface area contributed by atoms with Crippen LogP contribution in [0, 0.1) is 0 Å². The molecular weight excluding hydrogens is 222 g/mol. The summed E-state index contributed by atoms with van der Waals surface area (Å²) in [6.45, 7) is 2.12. The summed E-state index contributed by atoms with van der Waals surface area (Å²) < 4.78 is 0. The Kier molecular flexibility index (Phi) is 4.80. The van der Waals surface area contributed by atoms with E-state index in [0.717, 1.165) is 12.8 Å². The van der Waals surface area contributed by atoms with E-state index in [2.05, 4.69) is 24.4 Å². The minimum absolute atomic E-state index is 0.207. The fourth-order valence-electron chi connectivity index (χ4n) is 2.71. The molecule has 0 radical (unpaired) electrons. The Labute approximate surface area is 110 Å². The van der Waals surface area contributed by atoms with Crippen LogP contribution in [0.3, 0.4) is 0 Å². The summed E-state index contributed by atoms with van der Waals surface area (Å²) in [7, 11) is 0. The Hall–Kier alpha value is -1.31. The van der Waals surface area contributed by atoms with E-state index in [-0.39, 0.29) is 5.91 Å². The van der Waals surface area contributed by atoms with E-state index in [1.54, 1.807) is 0 Å². The number of carbonyl (C=O) groups excluding carboxylic acids is 1. The number of benzene rings is 1. The van der Waals surface area contributed by atoms with E-state index >= 15 is 0 Å². The lowest BCUT2D eigenvalue weighted by Crippen LogP contribution is -2.36. The Morgan fingerprint density at radius 1 is 1.22 bits per heavy atom. The number of rotatable bonds is 4. The van der Waals surface area contributed by atoms with Crippen LogP contribution in [-0.2, 0) is 4.79 Å². The molecule has 98 valence electrons. The van der Waals surface area contributed by atoms with Crippen molar-refractivity contribution in [2.24, 2.45) is 0 Å². The maximum atomic E-state index is 12.0. The summed E-state index contributed by atoms with van der Waals surface area (Å²) in [6, 6.07) is 10.7. The second-order valence-electron chi connectivity index (χ2n) is 5.42. The largest absolute Gasteiger partial charge is 0.353 e. The fourth-order valence-corrected chi connectivity index (χ4v) is 2.71. The van der Waals surface area contributed by atoms with E-state index in [4.69, 9.17) is 0 Å². The summed E-state index contributed by atoms with van der Waals surface area (Å²) in [5.74, 6) is 0.507. The molecule has 0 spiro atoms. The van der Waals surface area contributed by atoms with Crippen molar-refractivity contribution in [3.63, 3.8) is 0 Å². The molecule has 0 aromatic heterocycles. The monoisotopic (exact) mass is 245 g/mol. The quantitative estimate of drug-likeness (QED) is 0.862. The Balaban J connectivity index is 1.80. The highest BCUT2D eigenvalue weighted by Crippen LogP contribution is 2.20. The first-order valence-corrected chi connectivity index (χ1v) is 7.10. The van der Waals surface area contributed by atoms with Gasteiger partial charge in [-0.3, -0.25) is 4.79 Å². The van der Waals surface area contributed by atoms with E-state index in [1.807, 2.05) is 18.2 Å². The van der Waals surface area contributed by atoms with Crippen LogP contribution < -0.4 is 5.32 Å². The molecule has 1 N–H and O–H groups in total. The minimum atomic E-state index is 0.207. The van der Waals surface area contributed by atoms with Crippen molar-refractivity contribution in [1.82, 2.24) is 5.32 Å². The van der Waals surface area contributed by atoms with Crippen molar-refractivity contribution in [3.8, 4) is 0 Å². The lowest BCUT2D eigenvalue weighted by Gasteiger charge is -2.23. The van der Waals surface area contributed by atoms with Gasteiger partial charge in [-0.25, -0.2) is 0 Å². The first-order valence-electron chi connectivity index (χ1n) is 7.10. The van der Waals surface area contributed by atoms with Gasteiger partial charge in [0.15, 0.2) is 0 Å². The van der Waals surface area contributed by atoms with E-state index in [9.17, 15) is 4.79 Å². The molecule has 0 bridgehead atoms. The van der Waals surface area contributed by atoms with E-state index in [0.29, 0.717) is 18.4 Å². The van der Waals surface area contributed by atoms with Gasteiger partial charge < -0.3 is 5.32 Å². The average molecular weight is 245 g/mol. The van der Waals surface area contributed by atoms with Crippen LogP contribution >= 0.6 is 0 Å². The summed E-state index contributed by atoms with van der Waals surface area (Å²) >= 11 is 0. The van der Waals surface area contributed by atoms with Crippen molar-refractivity contribution in [2.75, 3.05) is 0 Å². The topological polar surface area (TPSA) is 29.1 Å². The SMILES string of the molecule is C[C@@H](CC(=O)NC1CCCCC1)c1ccccc1. The van der Waals surface area contributed by atoms with Gasteiger partial charge in [-0.15, -0.1) is 0 Å². The van der Waals surface area contributed by atoms with Crippen molar-refractivity contribution >= 4 is 5.91 Å². The molecule has 1 aliphatic carbocycles. The molecule has 0 saturated heterocycles. The van der Waals surface area contributed by atoms with Gasteiger partial charge in [0.25, 0.3) is 0 Å². The maximum absolute atomic E-state index is 12.0. The second-order valence-corrected chi connectivity index (χ2v) is 5.42. The molecule has 2 heteroatoms. The van der Waals surface area contributed by atoms with E-state index < -0.39 is 0 Å². The zero-order valence-corrected chi connectivity index (χ0v) is 11.2. The van der Waals surface area contributed by atoms with Gasteiger partial charge in [-0.05, 0) is 24.3 Å². The third-order valence-electron chi connectivity index (χ3n) is 3.83. The molecule has 18 heavy (non-hydrogen) atoms. The zero-order chi connectivity index (χ0) is 12.8. The zero-order valence-electron chi connectivity index (χ0n) is 11.2. The molecule has 1 fully saturated rings. The number of nitrogens with one attached hydrogen (secondary N) is 1. The molecule has 1 aromatic carbocycles.